The van der Waals surface area contributed by atoms with Crippen LogP contribution in [0.1, 0.15) is 18.1 Å². The molecule has 4 rings (SSSR count). The molecule has 1 aromatic heterocycles. The van der Waals surface area contributed by atoms with Crippen molar-refractivity contribution in [1.29, 1.82) is 0 Å². The molecule has 0 bridgehead atoms. The fourth-order valence-corrected chi connectivity index (χ4v) is 4.39. The largest absolute Gasteiger partial charge is 0.446 e. The molecule has 2 heterocycles. The number of benzene rings is 2. The SMILES string of the molecule is CC1(Cc2ccncc2NC(=O)NCc2ccccc2)NC(=O)N(c2ccc(SC(F)(F)F)cc2)C1=O. The highest BCUT2D eigenvalue weighted by Gasteiger charge is 2.48. The molecule has 3 N–H and O–H groups in total. The predicted molar refractivity (Wildman–Crippen MR) is 133 cm³/mol. The zero-order chi connectivity index (χ0) is 26.6. The number of rotatable bonds is 7. The Labute approximate surface area is 214 Å². The number of hydrogen-bond acceptors (Lipinski definition) is 5. The van der Waals surface area contributed by atoms with Crippen molar-refractivity contribution >= 4 is 41.1 Å². The van der Waals surface area contributed by atoms with Crippen molar-refractivity contribution in [2.75, 3.05) is 10.2 Å². The van der Waals surface area contributed by atoms with Crippen LogP contribution in [0, 0.1) is 0 Å². The third-order valence-corrected chi connectivity index (χ3v) is 6.33. The number of amides is 5. The van der Waals surface area contributed by atoms with E-state index in [9.17, 15) is 27.6 Å². The van der Waals surface area contributed by atoms with E-state index in [1.165, 1.54) is 36.7 Å². The molecule has 0 radical (unpaired) electrons. The van der Waals surface area contributed by atoms with Crippen molar-refractivity contribution in [3.63, 3.8) is 0 Å². The molecule has 37 heavy (non-hydrogen) atoms. The highest BCUT2D eigenvalue weighted by molar-refractivity contribution is 8.00. The van der Waals surface area contributed by atoms with E-state index in [-0.39, 0.29) is 28.8 Å². The van der Waals surface area contributed by atoms with Gasteiger partial charge in [0.2, 0.25) is 0 Å². The molecule has 192 valence electrons. The molecule has 12 heteroatoms. The van der Waals surface area contributed by atoms with Gasteiger partial charge in [-0.1, -0.05) is 30.3 Å². The molecule has 1 atom stereocenters. The lowest BCUT2D eigenvalue weighted by Crippen LogP contribution is -2.46. The van der Waals surface area contributed by atoms with E-state index in [0.29, 0.717) is 17.8 Å². The lowest BCUT2D eigenvalue weighted by atomic mass is 9.92. The minimum absolute atomic E-state index is 0.0346. The summed E-state index contributed by atoms with van der Waals surface area (Å²) in [5, 5.41) is 8.13. The Morgan fingerprint density at radius 3 is 2.46 bits per heavy atom. The van der Waals surface area contributed by atoms with Crippen molar-refractivity contribution in [2.45, 2.75) is 35.8 Å². The number of pyridine rings is 1. The average molecular weight is 530 g/mol. The Bertz CT molecular complexity index is 1300. The number of imide groups is 1. The van der Waals surface area contributed by atoms with Gasteiger partial charge in [0.15, 0.2) is 0 Å². The number of aromatic nitrogens is 1. The zero-order valence-electron chi connectivity index (χ0n) is 19.5. The van der Waals surface area contributed by atoms with Crippen molar-refractivity contribution < 1.29 is 27.6 Å². The van der Waals surface area contributed by atoms with Gasteiger partial charge in [0.05, 0.1) is 17.6 Å². The molecule has 1 unspecified atom stereocenters. The summed E-state index contributed by atoms with van der Waals surface area (Å²) in [4.78, 5) is 43.3. The Hall–Kier alpha value is -4.06. The van der Waals surface area contributed by atoms with Crippen LogP contribution in [0.2, 0.25) is 0 Å². The van der Waals surface area contributed by atoms with Crippen LogP contribution in [0.4, 0.5) is 34.1 Å². The second kappa shape index (κ2) is 10.5. The first-order valence-electron chi connectivity index (χ1n) is 11.1. The fourth-order valence-electron chi connectivity index (χ4n) is 3.85. The summed E-state index contributed by atoms with van der Waals surface area (Å²) in [5.74, 6) is -0.579. The normalized spacial score (nSPS) is 17.5. The highest BCUT2D eigenvalue weighted by Crippen LogP contribution is 2.38. The number of urea groups is 2. The van der Waals surface area contributed by atoms with Gasteiger partial charge in [0.1, 0.15) is 5.54 Å². The van der Waals surface area contributed by atoms with Crippen LogP contribution in [0.15, 0.2) is 78.0 Å². The van der Waals surface area contributed by atoms with Gasteiger partial charge in [-0.05, 0) is 60.1 Å². The first kappa shape index (κ1) is 26.0. The van der Waals surface area contributed by atoms with Gasteiger partial charge in [-0.25, -0.2) is 14.5 Å². The van der Waals surface area contributed by atoms with Crippen LogP contribution in [0.5, 0.6) is 0 Å². The van der Waals surface area contributed by atoms with Crippen LogP contribution in [0.25, 0.3) is 0 Å². The van der Waals surface area contributed by atoms with Gasteiger partial charge in [-0.15, -0.1) is 0 Å². The molecular formula is C25H22F3N5O3S. The Kier molecular flexibility index (Phi) is 7.39. The van der Waals surface area contributed by atoms with Crippen LogP contribution in [0.3, 0.4) is 0 Å². The number of thioether (sulfide) groups is 1. The van der Waals surface area contributed by atoms with E-state index in [1.807, 2.05) is 30.3 Å². The second-order valence-electron chi connectivity index (χ2n) is 8.45. The Balaban J connectivity index is 1.46. The maximum absolute atomic E-state index is 13.3. The molecule has 2 aromatic carbocycles. The van der Waals surface area contributed by atoms with Gasteiger partial charge in [-0.2, -0.15) is 13.2 Å². The smallest absolute Gasteiger partial charge is 0.334 e. The number of nitrogens with zero attached hydrogens (tertiary/aromatic N) is 2. The first-order valence-corrected chi connectivity index (χ1v) is 11.9. The standard InChI is InChI=1S/C25H22F3N5O3S/c1-24(21(34)33(23(36)32-24)18-7-9-19(10-8-18)37-25(26,27)28)13-17-11-12-29-15-20(17)31-22(35)30-14-16-5-3-2-4-6-16/h2-12,15H,13-14H2,1H3,(H,32,36)(H2,30,31,35). The number of alkyl halides is 3. The molecule has 5 amide bonds. The molecule has 1 aliphatic heterocycles. The summed E-state index contributed by atoms with van der Waals surface area (Å²) >= 11 is -0.286. The van der Waals surface area contributed by atoms with E-state index in [2.05, 4.69) is 20.9 Å². The molecule has 0 aliphatic carbocycles. The first-order chi connectivity index (χ1) is 17.5. The van der Waals surface area contributed by atoms with Crippen LogP contribution < -0.4 is 20.9 Å². The minimum Gasteiger partial charge on any atom is -0.334 e. The van der Waals surface area contributed by atoms with Gasteiger partial charge in [0, 0.05) is 24.1 Å². The number of nitrogens with one attached hydrogen (secondary N) is 3. The molecule has 1 aliphatic rings. The summed E-state index contributed by atoms with van der Waals surface area (Å²) in [6.07, 6.45) is 2.98. The van der Waals surface area contributed by atoms with Crippen LogP contribution in [-0.2, 0) is 17.8 Å². The van der Waals surface area contributed by atoms with Gasteiger partial charge in [0.25, 0.3) is 5.91 Å². The van der Waals surface area contributed by atoms with E-state index in [0.717, 1.165) is 10.5 Å². The number of carbonyl (C=O) groups is 3. The summed E-state index contributed by atoms with van der Waals surface area (Å²) < 4.78 is 37.8. The van der Waals surface area contributed by atoms with Crippen molar-refractivity contribution in [2.24, 2.45) is 0 Å². The van der Waals surface area contributed by atoms with E-state index >= 15 is 0 Å². The topological polar surface area (TPSA) is 103 Å². The maximum Gasteiger partial charge on any atom is 0.446 e. The lowest BCUT2D eigenvalue weighted by Gasteiger charge is -2.23. The predicted octanol–water partition coefficient (Wildman–Crippen LogP) is 5.07. The molecule has 0 saturated carbocycles. The third kappa shape index (κ3) is 6.39. The summed E-state index contributed by atoms with van der Waals surface area (Å²) in [6, 6.07) is 14.8. The number of halogens is 3. The van der Waals surface area contributed by atoms with E-state index in [1.54, 1.807) is 13.0 Å². The second-order valence-corrected chi connectivity index (χ2v) is 9.59. The monoisotopic (exact) mass is 529 g/mol. The van der Waals surface area contributed by atoms with Crippen LogP contribution in [-0.4, -0.2) is 34.0 Å². The fraction of sp³-hybridized carbons (Fsp3) is 0.200. The Morgan fingerprint density at radius 2 is 1.78 bits per heavy atom. The number of hydrogen-bond donors (Lipinski definition) is 3. The molecule has 8 nitrogen and oxygen atoms in total. The molecular weight excluding hydrogens is 507 g/mol. The van der Waals surface area contributed by atoms with E-state index < -0.39 is 29.0 Å². The zero-order valence-corrected chi connectivity index (χ0v) is 20.3. The van der Waals surface area contributed by atoms with Gasteiger partial charge >= 0.3 is 17.6 Å². The van der Waals surface area contributed by atoms with Crippen LogP contribution >= 0.6 is 11.8 Å². The van der Waals surface area contributed by atoms with E-state index in [4.69, 9.17) is 0 Å². The molecule has 1 fully saturated rings. The number of carbonyl (C=O) groups excluding carboxylic acids is 3. The Morgan fingerprint density at radius 1 is 1.08 bits per heavy atom. The summed E-state index contributed by atoms with van der Waals surface area (Å²) in [6.45, 7) is 1.85. The maximum atomic E-state index is 13.3. The van der Waals surface area contributed by atoms with Crippen molar-refractivity contribution in [3.05, 3.63) is 84.2 Å². The summed E-state index contributed by atoms with van der Waals surface area (Å²) in [5.41, 5.74) is -3.83. The molecule has 1 saturated heterocycles. The highest BCUT2D eigenvalue weighted by atomic mass is 32.2. The van der Waals surface area contributed by atoms with Gasteiger partial charge < -0.3 is 16.0 Å². The minimum atomic E-state index is -4.45. The van der Waals surface area contributed by atoms with Gasteiger partial charge in [-0.3, -0.25) is 9.78 Å². The molecule has 0 spiro atoms. The summed E-state index contributed by atoms with van der Waals surface area (Å²) in [7, 11) is 0. The quantitative estimate of drug-likeness (QED) is 0.293. The lowest BCUT2D eigenvalue weighted by molar-refractivity contribution is -0.121. The van der Waals surface area contributed by atoms with Crippen molar-refractivity contribution in [1.82, 2.24) is 15.6 Å². The third-order valence-electron chi connectivity index (χ3n) is 5.59. The number of anilines is 2. The average Bonchev–Trinajstić information content (AvgIpc) is 3.07. The molecule has 3 aromatic rings. The van der Waals surface area contributed by atoms with Crippen molar-refractivity contribution in [3.8, 4) is 0 Å².